The molecule has 3 nitrogen and oxygen atoms in total. The van der Waals surface area contributed by atoms with E-state index >= 15 is 0 Å². The molecule has 0 aliphatic rings. The third-order valence-electron chi connectivity index (χ3n) is 2.05. The van der Waals surface area contributed by atoms with Crippen LogP contribution in [0.2, 0.25) is 0 Å². The maximum absolute atomic E-state index is 9.10. The predicted octanol–water partition coefficient (Wildman–Crippen LogP) is 3.26. The predicted molar refractivity (Wildman–Crippen MR) is 59.8 cm³/mol. The number of phenols is 1. The quantitative estimate of drug-likeness (QED) is 0.846. The lowest BCUT2D eigenvalue weighted by molar-refractivity contribution is 0.462. The molecular weight excluding hydrogens is 210 g/mol. The van der Waals surface area contributed by atoms with E-state index in [-0.39, 0.29) is 5.75 Å². The lowest BCUT2D eigenvalue weighted by atomic mass is 10.3. The summed E-state index contributed by atoms with van der Waals surface area (Å²) in [6.07, 6.45) is 0. The number of rotatable bonds is 2. The van der Waals surface area contributed by atoms with Gasteiger partial charge in [0.2, 0.25) is 0 Å². The number of aryl methyl sites for hydroxylation is 2. The highest BCUT2D eigenvalue weighted by Gasteiger charge is 2.05. The van der Waals surface area contributed by atoms with Gasteiger partial charge >= 0.3 is 0 Å². The number of aromatic nitrogens is 1. The van der Waals surface area contributed by atoms with Gasteiger partial charge in [-0.15, -0.1) is 0 Å². The van der Waals surface area contributed by atoms with Crippen LogP contribution < -0.4 is 4.74 Å². The van der Waals surface area contributed by atoms with Gasteiger partial charge in [-0.05, 0) is 38.1 Å². The molecule has 0 amide bonds. The molecule has 1 aromatic carbocycles. The van der Waals surface area contributed by atoms with E-state index in [1.807, 2.05) is 13.8 Å². The lowest BCUT2D eigenvalue weighted by Gasteiger charge is -2.00. The molecule has 0 saturated carbocycles. The zero-order valence-electron chi connectivity index (χ0n) is 8.52. The first kappa shape index (κ1) is 9.98. The molecule has 0 radical (unpaired) electrons. The van der Waals surface area contributed by atoms with Gasteiger partial charge < -0.3 is 9.84 Å². The SMILES string of the molecule is Cc1nc(Oc2ccc(O)cc2)sc1C. The second kappa shape index (κ2) is 3.90. The third kappa shape index (κ3) is 2.27. The minimum absolute atomic E-state index is 0.230. The summed E-state index contributed by atoms with van der Waals surface area (Å²) in [6, 6.07) is 6.59. The Kier molecular flexibility index (Phi) is 2.60. The van der Waals surface area contributed by atoms with Crippen molar-refractivity contribution in [3.63, 3.8) is 0 Å². The van der Waals surface area contributed by atoms with Crippen molar-refractivity contribution in [3.8, 4) is 16.7 Å². The van der Waals surface area contributed by atoms with Gasteiger partial charge in [-0.25, -0.2) is 4.98 Å². The van der Waals surface area contributed by atoms with E-state index in [0.29, 0.717) is 10.9 Å². The minimum atomic E-state index is 0.230. The van der Waals surface area contributed by atoms with Crippen LogP contribution in [0.1, 0.15) is 10.6 Å². The molecule has 2 aromatic rings. The first-order valence-corrected chi connectivity index (χ1v) is 5.38. The van der Waals surface area contributed by atoms with Gasteiger partial charge in [0.1, 0.15) is 11.5 Å². The number of nitrogens with zero attached hydrogens (tertiary/aromatic N) is 1. The number of ether oxygens (including phenoxy) is 1. The van der Waals surface area contributed by atoms with Crippen molar-refractivity contribution in [3.05, 3.63) is 34.8 Å². The molecule has 0 atom stereocenters. The summed E-state index contributed by atoms with van der Waals surface area (Å²) >= 11 is 1.52. The highest BCUT2D eigenvalue weighted by molar-refractivity contribution is 7.13. The number of hydrogen-bond donors (Lipinski definition) is 1. The Morgan fingerprint density at radius 3 is 2.40 bits per heavy atom. The molecule has 2 rings (SSSR count). The maximum atomic E-state index is 9.10. The average molecular weight is 221 g/mol. The van der Waals surface area contributed by atoms with Crippen LogP contribution in [0.5, 0.6) is 16.7 Å². The molecule has 0 spiro atoms. The number of aromatic hydroxyl groups is 1. The second-order valence-corrected chi connectivity index (χ2v) is 4.38. The van der Waals surface area contributed by atoms with Crippen LogP contribution in [0.15, 0.2) is 24.3 Å². The zero-order valence-corrected chi connectivity index (χ0v) is 9.34. The van der Waals surface area contributed by atoms with Crippen LogP contribution in [0.25, 0.3) is 0 Å². The van der Waals surface area contributed by atoms with Gasteiger partial charge in [0.25, 0.3) is 5.19 Å². The maximum Gasteiger partial charge on any atom is 0.279 e. The fourth-order valence-electron chi connectivity index (χ4n) is 1.10. The van der Waals surface area contributed by atoms with E-state index in [1.165, 1.54) is 11.3 Å². The van der Waals surface area contributed by atoms with E-state index in [0.717, 1.165) is 10.6 Å². The first-order valence-electron chi connectivity index (χ1n) is 4.56. The summed E-state index contributed by atoms with van der Waals surface area (Å²) in [5.41, 5.74) is 0.994. The summed E-state index contributed by atoms with van der Waals surface area (Å²) in [5.74, 6) is 0.912. The smallest absolute Gasteiger partial charge is 0.279 e. The average Bonchev–Trinajstić information content (AvgIpc) is 2.50. The Labute approximate surface area is 92.0 Å². The molecule has 4 heteroatoms. The number of phenolic OH excluding ortho intramolecular Hbond substituents is 1. The van der Waals surface area contributed by atoms with Crippen molar-refractivity contribution in [1.82, 2.24) is 4.98 Å². The highest BCUT2D eigenvalue weighted by atomic mass is 32.1. The Morgan fingerprint density at radius 2 is 1.87 bits per heavy atom. The highest BCUT2D eigenvalue weighted by Crippen LogP contribution is 2.28. The Morgan fingerprint density at radius 1 is 1.20 bits per heavy atom. The van der Waals surface area contributed by atoms with Crippen LogP contribution in [-0.2, 0) is 0 Å². The minimum Gasteiger partial charge on any atom is -0.508 e. The molecule has 1 aromatic heterocycles. The molecule has 78 valence electrons. The standard InChI is InChI=1S/C11H11NO2S/c1-7-8(2)15-11(12-7)14-10-5-3-9(13)4-6-10/h3-6,13H,1-2H3. The van der Waals surface area contributed by atoms with E-state index < -0.39 is 0 Å². The molecule has 0 aliphatic heterocycles. The van der Waals surface area contributed by atoms with Crippen molar-refractivity contribution in [2.24, 2.45) is 0 Å². The molecule has 1 heterocycles. The van der Waals surface area contributed by atoms with E-state index in [1.54, 1.807) is 24.3 Å². The van der Waals surface area contributed by atoms with E-state index in [4.69, 9.17) is 9.84 Å². The fourth-order valence-corrected chi connectivity index (χ4v) is 1.88. The Hall–Kier alpha value is -1.55. The van der Waals surface area contributed by atoms with Crippen LogP contribution in [0.3, 0.4) is 0 Å². The lowest BCUT2D eigenvalue weighted by Crippen LogP contribution is -1.82. The summed E-state index contributed by atoms with van der Waals surface area (Å²) in [6.45, 7) is 3.96. The summed E-state index contributed by atoms with van der Waals surface area (Å²) < 4.78 is 5.53. The topological polar surface area (TPSA) is 42.4 Å². The van der Waals surface area contributed by atoms with Crippen molar-refractivity contribution >= 4 is 11.3 Å². The molecule has 0 bridgehead atoms. The largest absolute Gasteiger partial charge is 0.508 e. The molecule has 1 N–H and O–H groups in total. The first-order chi connectivity index (χ1) is 7.15. The Balaban J connectivity index is 2.18. The molecular formula is C11H11NO2S. The summed E-state index contributed by atoms with van der Waals surface area (Å²) in [4.78, 5) is 5.42. The van der Waals surface area contributed by atoms with Crippen molar-refractivity contribution in [2.45, 2.75) is 13.8 Å². The fraction of sp³-hybridized carbons (Fsp3) is 0.182. The van der Waals surface area contributed by atoms with Crippen molar-refractivity contribution in [2.75, 3.05) is 0 Å². The Bertz CT molecular complexity index is 442. The zero-order chi connectivity index (χ0) is 10.8. The molecule has 0 saturated heterocycles. The number of benzene rings is 1. The summed E-state index contributed by atoms with van der Waals surface area (Å²) in [5, 5.41) is 9.74. The monoisotopic (exact) mass is 221 g/mol. The van der Waals surface area contributed by atoms with E-state index in [2.05, 4.69) is 4.98 Å². The number of hydrogen-bond acceptors (Lipinski definition) is 4. The second-order valence-electron chi connectivity index (χ2n) is 3.22. The summed E-state index contributed by atoms with van der Waals surface area (Å²) in [7, 11) is 0. The van der Waals surface area contributed by atoms with Gasteiger partial charge in [0.15, 0.2) is 0 Å². The number of thiazole rings is 1. The molecule has 0 unspecified atom stereocenters. The van der Waals surface area contributed by atoms with Crippen LogP contribution in [-0.4, -0.2) is 10.1 Å². The third-order valence-corrected chi connectivity index (χ3v) is 3.00. The van der Waals surface area contributed by atoms with Gasteiger partial charge in [-0.3, -0.25) is 0 Å². The molecule has 0 fully saturated rings. The van der Waals surface area contributed by atoms with Gasteiger partial charge in [-0.1, -0.05) is 11.3 Å². The molecule has 0 aliphatic carbocycles. The van der Waals surface area contributed by atoms with Crippen molar-refractivity contribution in [1.29, 1.82) is 0 Å². The van der Waals surface area contributed by atoms with Crippen LogP contribution >= 0.6 is 11.3 Å². The molecule has 15 heavy (non-hydrogen) atoms. The van der Waals surface area contributed by atoms with E-state index in [9.17, 15) is 0 Å². The van der Waals surface area contributed by atoms with Crippen LogP contribution in [0, 0.1) is 13.8 Å². The van der Waals surface area contributed by atoms with Gasteiger partial charge in [0.05, 0.1) is 5.69 Å². The normalized spacial score (nSPS) is 10.3. The van der Waals surface area contributed by atoms with Crippen molar-refractivity contribution < 1.29 is 9.84 Å². The van der Waals surface area contributed by atoms with Gasteiger partial charge in [-0.2, -0.15) is 0 Å². The van der Waals surface area contributed by atoms with Crippen LogP contribution in [0.4, 0.5) is 0 Å². The van der Waals surface area contributed by atoms with Gasteiger partial charge in [0, 0.05) is 4.88 Å².